The summed E-state index contributed by atoms with van der Waals surface area (Å²) < 4.78 is 13.2. The monoisotopic (exact) mass is 266 g/mol. The summed E-state index contributed by atoms with van der Waals surface area (Å²) in [7, 11) is 0. The van der Waals surface area contributed by atoms with Crippen molar-refractivity contribution in [3.8, 4) is 0 Å². The number of carbonyl (C=O) groups is 1. The summed E-state index contributed by atoms with van der Waals surface area (Å²) in [4.78, 5) is 10.5. The van der Waals surface area contributed by atoms with Crippen LogP contribution in [0.2, 0.25) is 5.02 Å². The minimum absolute atomic E-state index is 0.216. The molecule has 0 aromatic heterocycles. The van der Waals surface area contributed by atoms with Crippen LogP contribution in [-0.2, 0) is 5.33 Å². The van der Waals surface area contributed by atoms with Gasteiger partial charge in [0.25, 0.3) is 0 Å². The predicted octanol–water partition coefficient (Wildman–Crippen LogP) is 3.07. The Balaban J connectivity index is 3.35. The summed E-state index contributed by atoms with van der Waals surface area (Å²) >= 11 is 8.63. The van der Waals surface area contributed by atoms with Crippen LogP contribution in [0.5, 0.6) is 0 Å². The molecule has 0 atom stereocenters. The lowest BCUT2D eigenvalue weighted by Gasteiger charge is -2.03. The van der Waals surface area contributed by atoms with Gasteiger partial charge in [0.1, 0.15) is 5.82 Å². The van der Waals surface area contributed by atoms with E-state index in [1.165, 1.54) is 6.07 Å². The van der Waals surface area contributed by atoms with Crippen molar-refractivity contribution in [2.75, 3.05) is 0 Å². The van der Waals surface area contributed by atoms with E-state index >= 15 is 0 Å². The smallest absolute Gasteiger partial charge is 0.338 e. The van der Waals surface area contributed by atoms with Gasteiger partial charge in [0.15, 0.2) is 0 Å². The van der Waals surface area contributed by atoms with Crippen LogP contribution in [0.4, 0.5) is 4.39 Å². The maximum atomic E-state index is 13.2. The van der Waals surface area contributed by atoms with E-state index in [2.05, 4.69) is 15.9 Å². The molecule has 1 aromatic carbocycles. The second-order valence-electron chi connectivity index (χ2n) is 2.37. The summed E-state index contributed by atoms with van der Waals surface area (Å²) in [5, 5.41) is 9.05. The molecule has 13 heavy (non-hydrogen) atoms. The zero-order chi connectivity index (χ0) is 10.0. The zero-order valence-electron chi connectivity index (χ0n) is 6.35. The molecule has 70 valence electrons. The highest BCUT2D eigenvalue weighted by Gasteiger charge is 2.14. The van der Waals surface area contributed by atoms with E-state index in [9.17, 15) is 9.18 Å². The summed E-state index contributed by atoms with van der Waals surface area (Å²) in [6, 6.07) is 2.48. The fourth-order valence-electron chi connectivity index (χ4n) is 0.899. The maximum Gasteiger partial charge on any atom is 0.338 e. The number of rotatable bonds is 2. The molecule has 0 aliphatic carbocycles. The normalized spacial score (nSPS) is 10.1. The van der Waals surface area contributed by atoms with Crippen LogP contribution in [0.25, 0.3) is 0 Å². The van der Waals surface area contributed by atoms with Crippen molar-refractivity contribution < 1.29 is 14.3 Å². The summed E-state index contributed by atoms with van der Waals surface area (Å²) in [5.74, 6) is -2.06. The van der Waals surface area contributed by atoms with Gasteiger partial charge >= 0.3 is 5.97 Å². The number of benzene rings is 1. The van der Waals surface area contributed by atoms with E-state index in [1.807, 2.05) is 0 Å². The second kappa shape index (κ2) is 4.07. The third kappa shape index (κ3) is 2.19. The molecule has 0 spiro atoms. The molecule has 1 aromatic rings. The van der Waals surface area contributed by atoms with Gasteiger partial charge in [-0.3, -0.25) is 0 Å². The number of halogens is 3. The Morgan fingerprint density at radius 1 is 1.62 bits per heavy atom. The molecule has 0 aliphatic rings. The lowest BCUT2D eigenvalue weighted by molar-refractivity contribution is 0.0691. The van der Waals surface area contributed by atoms with Crippen LogP contribution < -0.4 is 0 Å². The standard InChI is InChI=1S/C8H5BrClFO2/c9-3-4-1-5(10)2-6(7(4)11)8(12)13/h1-2H,3H2,(H,12,13). The van der Waals surface area contributed by atoms with Crippen LogP contribution in [0.15, 0.2) is 12.1 Å². The van der Waals surface area contributed by atoms with Gasteiger partial charge in [-0.05, 0) is 12.1 Å². The third-order valence-electron chi connectivity index (χ3n) is 1.49. The molecule has 0 fully saturated rings. The first-order chi connectivity index (χ1) is 6.06. The van der Waals surface area contributed by atoms with Crippen molar-refractivity contribution in [1.29, 1.82) is 0 Å². The highest BCUT2D eigenvalue weighted by Crippen LogP contribution is 2.21. The van der Waals surface area contributed by atoms with Crippen molar-refractivity contribution in [2.24, 2.45) is 0 Å². The first-order valence-electron chi connectivity index (χ1n) is 3.33. The molecule has 1 N–H and O–H groups in total. The van der Waals surface area contributed by atoms with E-state index in [4.69, 9.17) is 16.7 Å². The van der Waals surface area contributed by atoms with Crippen molar-refractivity contribution >= 4 is 33.5 Å². The predicted molar refractivity (Wildman–Crippen MR) is 51.0 cm³/mol. The lowest BCUT2D eigenvalue weighted by Crippen LogP contribution is -2.03. The van der Waals surface area contributed by atoms with Crippen molar-refractivity contribution in [3.63, 3.8) is 0 Å². The van der Waals surface area contributed by atoms with Gasteiger partial charge in [0.05, 0.1) is 5.56 Å². The molecule has 0 heterocycles. The Hall–Kier alpha value is -0.610. The lowest BCUT2D eigenvalue weighted by atomic mass is 10.1. The molecule has 0 bridgehead atoms. The molecule has 5 heteroatoms. The minimum Gasteiger partial charge on any atom is -0.478 e. The van der Waals surface area contributed by atoms with E-state index < -0.39 is 17.3 Å². The van der Waals surface area contributed by atoms with Gasteiger partial charge in [-0.1, -0.05) is 27.5 Å². The van der Waals surface area contributed by atoms with Crippen LogP contribution in [0.1, 0.15) is 15.9 Å². The number of hydrogen-bond donors (Lipinski definition) is 1. The molecule has 0 saturated heterocycles. The van der Waals surface area contributed by atoms with Gasteiger partial charge in [-0.15, -0.1) is 0 Å². The van der Waals surface area contributed by atoms with E-state index in [0.29, 0.717) is 0 Å². The Bertz CT molecular complexity index is 354. The van der Waals surface area contributed by atoms with Crippen LogP contribution in [-0.4, -0.2) is 11.1 Å². The van der Waals surface area contributed by atoms with Gasteiger partial charge in [-0.25, -0.2) is 9.18 Å². The Kier molecular flexibility index (Phi) is 3.27. The summed E-state index contributed by atoms with van der Waals surface area (Å²) in [6.45, 7) is 0. The van der Waals surface area contributed by atoms with Crippen molar-refractivity contribution in [1.82, 2.24) is 0 Å². The first kappa shape index (κ1) is 10.5. The Labute approximate surface area is 87.5 Å². The highest BCUT2D eigenvalue weighted by molar-refractivity contribution is 9.08. The van der Waals surface area contributed by atoms with Gasteiger partial charge < -0.3 is 5.11 Å². The van der Waals surface area contributed by atoms with Crippen molar-refractivity contribution in [3.05, 3.63) is 34.1 Å². The van der Waals surface area contributed by atoms with Gasteiger partial charge in [-0.2, -0.15) is 0 Å². The average Bonchev–Trinajstić information content (AvgIpc) is 2.08. The Morgan fingerprint density at radius 2 is 2.23 bits per heavy atom. The number of aromatic carboxylic acids is 1. The van der Waals surface area contributed by atoms with Crippen LogP contribution in [0.3, 0.4) is 0 Å². The van der Waals surface area contributed by atoms with Gasteiger partial charge in [0, 0.05) is 15.9 Å². The van der Waals surface area contributed by atoms with E-state index in [1.54, 1.807) is 0 Å². The van der Waals surface area contributed by atoms with Gasteiger partial charge in [0.2, 0.25) is 0 Å². The molecular formula is C8H5BrClFO2. The molecule has 0 unspecified atom stereocenters. The maximum absolute atomic E-state index is 13.2. The number of hydrogen-bond acceptors (Lipinski definition) is 1. The average molecular weight is 267 g/mol. The summed E-state index contributed by atoms with van der Waals surface area (Å²) in [6.07, 6.45) is 0. The largest absolute Gasteiger partial charge is 0.478 e. The van der Waals surface area contributed by atoms with Crippen molar-refractivity contribution in [2.45, 2.75) is 5.33 Å². The van der Waals surface area contributed by atoms with Crippen LogP contribution >= 0.6 is 27.5 Å². The molecule has 0 radical (unpaired) electrons. The third-order valence-corrected chi connectivity index (χ3v) is 2.31. The van der Waals surface area contributed by atoms with E-state index in [-0.39, 0.29) is 15.9 Å². The molecule has 0 amide bonds. The Morgan fingerprint density at radius 3 is 2.69 bits per heavy atom. The fourth-order valence-corrected chi connectivity index (χ4v) is 1.55. The first-order valence-corrected chi connectivity index (χ1v) is 4.83. The van der Waals surface area contributed by atoms with E-state index in [0.717, 1.165) is 6.07 Å². The molecule has 1 rings (SSSR count). The number of carboxylic acid groups (broad SMARTS) is 1. The number of alkyl halides is 1. The molecule has 0 saturated carbocycles. The summed E-state index contributed by atoms with van der Waals surface area (Å²) in [5.41, 5.74) is -0.160. The fraction of sp³-hybridized carbons (Fsp3) is 0.125. The number of carboxylic acids is 1. The topological polar surface area (TPSA) is 37.3 Å². The minimum atomic E-state index is -1.32. The SMILES string of the molecule is O=C(O)c1cc(Cl)cc(CBr)c1F. The molecular weight excluding hydrogens is 262 g/mol. The molecule has 0 aliphatic heterocycles. The van der Waals surface area contributed by atoms with Crippen LogP contribution in [0, 0.1) is 5.82 Å². The quantitative estimate of drug-likeness (QED) is 0.836. The molecule has 2 nitrogen and oxygen atoms in total. The second-order valence-corrected chi connectivity index (χ2v) is 3.36. The highest BCUT2D eigenvalue weighted by atomic mass is 79.9. The zero-order valence-corrected chi connectivity index (χ0v) is 8.69.